The van der Waals surface area contributed by atoms with E-state index in [2.05, 4.69) is 15.4 Å². The average molecular weight is 415 g/mol. The first-order valence-corrected chi connectivity index (χ1v) is 9.55. The molecule has 144 valence electrons. The van der Waals surface area contributed by atoms with E-state index in [-0.39, 0.29) is 11.9 Å². The number of halogens is 2. The second-order valence-corrected chi connectivity index (χ2v) is 7.22. The largest absolute Gasteiger partial charge is 0.346 e. The van der Waals surface area contributed by atoms with E-state index in [4.69, 9.17) is 23.2 Å². The summed E-state index contributed by atoms with van der Waals surface area (Å²) in [6, 6.07) is 11.1. The van der Waals surface area contributed by atoms with Crippen LogP contribution in [0.3, 0.4) is 0 Å². The summed E-state index contributed by atoms with van der Waals surface area (Å²) >= 11 is 12.4. The van der Waals surface area contributed by atoms with Crippen molar-refractivity contribution in [2.45, 2.75) is 26.4 Å². The van der Waals surface area contributed by atoms with Crippen molar-refractivity contribution in [3.8, 4) is 0 Å². The Morgan fingerprint density at radius 1 is 1.25 bits per heavy atom. The number of hydrogen-bond donors (Lipinski definition) is 1. The number of hydrogen-bond acceptors (Lipinski definition) is 3. The highest BCUT2D eigenvalue weighted by atomic mass is 35.5. The van der Waals surface area contributed by atoms with Gasteiger partial charge in [0.2, 0.25) is 5.91 Å². The van der Waals surface area contributed by atoms with Gasteiger partial charge in [-0.05, 0) is 49.2 Å². The first-order chi connectivity index (χ1) is 13.4. The number of carbonyl (C=O) groups is 1. The third-order valence-corrected chi connectivity index (χ3v) is 4.95. The minimum Gasteiger partial charge on any atom is -0.346 e. The van der Waals surface area contributed by atoms with Gasteiger partial charge < -0.3 is 5.32 Å². The molecule has 1 amide bonds. The predicted octanol–water partition coefficient (Wildman–Crippen LogP) is 4.83. The Balaban J connectivity index is 1.69. The molecule has 28 heavy (non-hydrogen) atoms. The number of carbonyl (C=O) groups excluding carboxylic acids is 1. The van der Waals surface area contributed by atoms with E-state index >= 15 is 0 Å². The molecule has 1 atom stereocenters. The zero-order chi connectivity index (χ0) is 20.1. The van der Waals surface area contributed by atoms with Gasteiger partial charge in [-0.15, -0.1) is 0 Å². The molecule has 0 saturated heterocycles. The van der Waals surface area contributed by atoms with E-state index in [0.717, 1.165) is 22.4 Å². The van der Waals surface area contributed by atoms with Crippen LogP contribution in [0.4, 0.5) is 0 Å². The van der Waals surface area contributed by atoms with Gasteiger partial charge in [-0.3, -0.25) is 9.78 Å². The van der Waals surface area contributed by atoms with E-state index in [1.54, 1.807) is 23.2 Å². The molecule has 2 heterocycles. The van der Waals surface area contributed by atoms with Crippen LogP contribution in [0.5, 0.6) is 0 Å². The molecule has 5 nitrogen and oxygen atoms in total. The third-order valence-electron chi connectivity index (χ3n) is 4.30. The second kappa shape index (κ2) is 9.04. The van der Waals surface area contributed by atoms with Crippen LogP contribution < -0.4 is 5.32 Å². The summed E-state index contributed by atoms with van der Waals surface area (Å²) in [5, 5.41) is 8.55. The normalized spacial score (nSPS) is 12.3. The van der Waals surface area contributed by atoms with Crippen molar-refractivity contribution in [1.82, 2.24) is 20.1 Å². The zero-order valence-corrected chi connectivity index (χ0v) is 17.1. The summed E-state index contributed by atoms with van der Waals surface area (Å²) < 4.78 is 1.70. The van der Waals surface area contributed by atoms with Gasteiger partial charge in [0, 0.05) is 29.1 Å². The lowest BCUT2D eigenvalue weighted by atomic mass is 10.1. The number of benzene rings is 1. The summed E-state index contributed by atoms with van der Waals surface area (Å²) in [7, 11) is 0. The van der Waals surface area contributed by atoms with E-state index in [0.29, 0.717) is 16.7 Å². The third kappa shape index (κ3) is 5.00. The molecule has 0 radical (unpaired) electrons. The van der Waals surface area contributed by atoms with Gasteiger partial charge in [0.05, 0.1) is 18.3 Å². The summed E-state index contributed by atoms with van der Waals surface area (Å²) in [6.07, 6.45) is 6.59. The van der Waals surface area contributed by atoms with Crippen LogP contribution in [0.2, 0.25) is 10.2 Å². The van der Waals surface area contributed by atoms with E-state index in [1.165, 1.54) is 6.08 Å². The molecule has 0 fully saturated rings. The number of nitrogens with one attached hydrogen (secondary N) is 1. The fraction of sp³-hybridized carbons (Fsp3) is 0.190. The van der Waals surface area contributed by atoms with E-state index < -0.39 is 0 Å². The second-order valence-electron chi connectivity index (χ2n) is 6.42. The fourth-order valence-electron chi connectivity index (χ4n) is 2.76. The zero-order valence-electron chi connectivity index (χ0n) is 15.6. The summed E-state index contributed by atoms with van der Waals surface area (Å²) in [5.41, 5.74) is 3.45. The lowest BCUT2D eigenvalue weighted by molar-refractivity contribution is -0.117. The van der Waals surface area contributed by atoms with Crippen LogP contribution in [0.1, 0.15) is 35.3 Å². The maximum atomic E-state index is 12.3. The Morgan fingerprint density at radius 3 is 2.68 bits per heavy atom. The lowest BCUT2D eigenvalue weighted by Gasteiger charge is -2.11. The molecule has 0 saturated carbocycles. The number of nitrogens with zero attached hydrogens (tertiary/aromatic N) is 3. The van der Waals surface area contributed by atoms with Gasteiger partial charge >= 0.3 is 0 Å². The van der Waals surface area contributed by atoms with Gasteiger partial charge in [-0.25, -0.2) is 4.68 Å². The van der Waals surface area contributed by atoms with Crippen molar-refractivity contribution in [3.63, 3.8) is 0 Å². The molecule has 3 aromatic rings. The SMILES string of the molecule is Cc1nn(Cc2ccc(Cl)cc2)c(Cl)c1/C=C/C(=O)NC(C)c1cccnc1. The Bertz CT molecular complexity index is 982. The van der Waals surface area contributed by atoms with Crippen molar-refractivity contribution in [3.05, 3.63) is 87.4 Å². The molecule has 0 aliphatic heterocycles. The molecular formula is C21H20Cl2N4O. The molecule has 7 heteroatoms. The fourth-order valence-corrected chi connectivity index (χ4v) is 3.18. The Morgan fingerprint density at radius 2 is 2.00 bits per heavy atom. The number of aromatic nitrogens is 3. The lowest BCUT2D eigenvalue weighted by Crippen LogP contribution is -2.24. The van der Waals surface area contributed by atoms with Gasteiger partial charge in [0.25, 0.3) is 0 Å². The molecule has 3 rings (SSSR count). The van der Waals surface area contributed by atoms with Crippen LogP contribution in [0.25, 0.3) is 6.08 Å². The van der Waals surface area contributed by atoms with Crippen molar-refractivity contribution in [2.75, 3.05) is 0 Å². The molecule has 0 aliphatic carbocycles. The minimum absolute atomic E-state index is 0.143. The van der Waals surface area contributed by atoms with Crippen molar-refractivity contribution < 1.29 is 4.79 Å². The van der Waals surface area contributed by atoms with Gasteiger partial charge in [0.15, 0.2) is 0 Å². The number of rotatable bonds is 6. The average Bonchev–Trinajstić information content (AvgIpc) is 2.95. The van der Waals surface area contributed by atoms with Crippen LogP contribution in [-0.4, -0.2) is 20.7 Å². The summed E-state index contributed by atoms with van der Waals surface area (Å²) in [4.78, 5) is 16.3. The van der Waals surface area contributed by atoms with Crippen LogP contribution in [-0.2, 0) is 11.3 Å². The highest BCUT2D eigenvalue weighted by Crippen LogP contribution is 2.23. The monoisotopic (exact) mass is 414 g/mol. The summed E-state index contributed by atoms with van der Waals surface area (Å²) in [6.45, 7) is 4.29. The van der Waals surface area contributed by atoms with Gasteiger partial charge in [0.1, 0.15) is 5.15 Å². The maximum absolute atomic E-state index is 12.3. The summed E-state index contributed by atoms with van der Waals surface area (Å²) in [5.74, 6) is -0.211. The number of aryl methyl sites for hydroxylation is 1. The maximum Gasteiger partial charge on any atom is 0.244 e. The highest BCUT2D eigenvalue weighted by molar-refractivity contribution is 6.31. The molecular weight excluding hydrogens is 395 g/mol. The Kier molecular flexibility index (Phi) is 6.49. The number of amides is 1. The molecule has 1 unspecified atom stereocenters. The van der Waals surface area contributed by atoms with Crippen molar-refractivity contribution in [2.24, 2.45) is 0 Å². The predicted molar refractivity (Wildman–Crippen MR) is 112 cm³/mol. The standard InChI is InChI=1S/C21H20Cl2N4O/c1-14(17-4-3-11-24-12-17)25-20(28)10-9-19-15(2)26-27(21(19)23)13-16-5-7-18(22)8-6-16/h3-12,14H,13H2,1-2H3,(H,25,28)/b10-9+. The van der Waals surface area contributed by atoms with Crippen molar-refractivity contribution >= 4 is 35.2 Å². The molecule has 1 aromatic carbocycles. The van der Waals surface area contributed by atoms with Crippen LogP contribution in [0, 0.1) is 6.92 Å². The first-order valence-electron chi connectivity index (χ1n) is 8.80. The molecule has 0 aliphatic rings. The first kappa shape index (κ1) is 20.1. The molecule has 0 spiro atoms. The van der Waals surface area contributed by atoms with Crippen molar-refractivity contribution in [1.29, 1.82) is 0 Å². The smallest absolute Gasteiger partial charge is 0.244 e. The minimum atomic E-state index is -0.211. The van der Waals surface area contributed by atoms with Crippen LogP contribution in [0.15, 0.2) is 54.9 Å². The number of pyridine rings is 1. The molecule has 2 aromatic heterocycles. The quantitative estimate of drug-likeness (QED) is 0.587. The molecule has 0 bridgehead atoms. The Hall–Kier alpha value is -2.63. The molecule has 1 N–H and O–H groups in total. The van der Waals surface area contributed by atoms with E-state index in [9.17, 15) is 4.79 Å². The van der Waals surface area contributed by atoms with Gasteiger partial charge in [-0.1, -0.05) is 41.4 Å². The highest BCUT2D eigenvalue weighted by Gasteiger charge is 2.13. The Labute approximate surface area is 174 Å². The van der Waals surface area contributed by atoms with Crippen LogP contribution >= 0.6 is 23.2 Å². The van der Waals surface area contributed by atoms with E-state index in [1.807, 2.05) is 50.2 Å². The van der Waals surface area contributed by atoms with Gasteiger partial charge in [-0.2, -0.15) is 5.10 Å². The topological polar surface area (TPSA) is 59.8 Å².